The average Bonchev–Trinajstić information content (AvgIpc) is 2.78. The van der Waals surface area contributed by atoms with Crippen LogP contribution in [0.25, 0.3) is 21.8 Å². The van der Waals surface area contributed by atoms with E-state index in [1.807, 2.05) is 36.4 Å². The van der Waals surface area contributed by atoms with Gasteiger partial charge in [0.25, 0.3) is 0 Å². The van der Waals surface area contributed by atoms with Crippen molar-refractivity contribution in [2.45, 2.75) is 0 Å². The molecule has 0 aliphatic carbocycles. The number of nitrogens with zero attached hydrogens (tertiary/aromatic N) is 1. The summed E-state index contributed by atoms with van der Waals surface area (Å²) in [7, 11) is 1.72. The second-order valence-electron chi connectivity index (χ2n) is 6.97. The summed E-state index contributed by atoms with van der Waals surface area (Å²) in [6.07, 6.45) is 0. The lowest BCUT2D eigenvalue weighted by molar-refractivity contribution is 0.862. The van der Waals surface area contributed by atoms with Crippen molar-refractivity contribution in [3.8, 4) is 0 Å². The fraction of sp³-hybridized carbons (Fsp3) is 0.130. The number of rotatable bonds is 6. The van der Waals surface area contributed by atoms with E-state index in [1.165, 1.54) is 0 Å². The number of nitrogens with one attached hydrogen (secondary N) is 5. The summed E-state index contributed by atoms with van der Waals surface area (Å²) in [5.41, 5.74) is 4.58. The predicted molar refractivity (Wildman–Crippen MR) is 132 cm³/mol. The van der Waals surface area contributed by atoms with Crippen molar-refractivity contribution in [3.63, 3.8) is 0 Å². The third kappa shape index (κ3) is 4.76. The normalized spacial score (nSPS) is 10.8. The van der Waals surface area contributed by atoms with Gasteiger partial charge in [0.1, 0.15) is 0 Å². The number of pyridine rings is 1. The third-order valence-electron chi connectivity index (χ3n) is 4.87. The number of guanidine groups is 1. The van der Waals surface area contributed by atoms with Gasteiger partial charge in [-0.25, -0.2) is 4.98 Å². The molecule has 4 aromatic rings. The second kappa shape index (κ2) is 9.29. The molecule has 5 N–H and O–H groups in total. The summed E-state index contributed by atoms with van der Waals surface area (Å²) in [6, 6.07) is 19.6. The number of benzene rings is 3. The monoisotopic (exact) mass is 452 g/mol. The predicted octanol–water partition coefficient (Wildman–Crippen LogP) is 5.59. The lowest BCUT2D eigenvalue weighted by atomic mass is 10.1. The molecule has 158 valence electrons. The first-order valence-corrected chi connectivity index (χ1v) is 10.6. The lowest BCUT2D eigenvalue weighted by Crippen LogP contribution is -2.36. The van der Waals surface area contributed by atoms with Crippen LogP contribution in [0.2, 0.25) is 10.0 Å². The van der Waals surface area contributed by atoms with Gasteiger partial charge in [0.15, 0.2) is 5.96 Å². The fourth-order valence-corrected chi connectivity index (χ4v) is 3.66. The Morgan fingerprint density at radius 1 is 0.871 bits per heavy atom. The van der Waals surface area contributed by atoms with Gasteiger partial charge in [-0.1, -0.05) is 41.4 Å². The molecule has 1 heterocycles. The van der Waals surface area contributed by atoms with E-state index in [0.717, 1.165) is 38.9 Å². The summed E-state index contributed by atoms with van der Waals surface area (Å²) < 4.78 is 0. The Morgan fingerprint density at radius 2 is 1.61 bits per heavy atom. The van der Waals surface area contributed by atoms with Crippen LogP contribution >= 0.6 is 23.2 Å². The Kier molecular flexibility index (Phi) is 6.30. The minimum atomic E-state index is 0.296. The highest BCUT2D eigenvalue weighted by Gasteiger charge is 2.10. The van der Waals surface area contributed by atoms with Crippen LogP contribution in [0.4, 0.5) is 17.1 Å². The van der Waals surface area contributed by atoms with Gasteiger partial charge in [-0.15, -0.1) is 0 Å². The first-order chi connectivity index (χ1) is 15.0. The van der Waals surface area contributed by atoms with Crippen LogP contribution in [-0.2, 0) is 0 Å². The van der Waals surface area contributed by atoms with Gasteiger partial charge in [0.05, 0.1) is 26.8 Å². The lowest BCUT2D eigenvalue weighted by Gasteiger charge is -2.15. The standard InChI is InChI=1S/C23H22Cl2N6/c1-27-23(26)29-11-10-28-22-16-4-2-3-5-20(16)31-21-13-15(6-8-17(21)22)30-14-7-9-18(24)19(25)12-14/h2-9,12-13,30H,10-11H2,1H3,(H,28,31)(H3,26,27,29). The van der Waals surface area contributed by atoms with E-state index in [-0.39, 0.29) is 0 Å². The number of hydrogen-bond donors (Lipinski definition) is 5. The Hall–Kier alpha value is -3.22. The summed E-state index contributed by atoms with van der Waals surface area (Å²) in [5, 5.41) is 23.4. The number of halogens is 2. The van der Waals surface area contributed by atoms with Crippen molar-refractivity contribution in [1.82, 2.24) is 15.6 Å². The molecule has 0 fully saturated rings. The molecular formula is C23H22Cl2N6. The summed E-state index contributed by atoms with van der Waals surface area (Å²) in [6.45, 7) is 1.28. The highest BCUT2D eigenvalue weighted by Crippen LogP contribution is 2.33. The van der Waals surface area contributed by atoms with Crippen molar-refractivity contribution in [2.24, 2.45) is 0 Å². The van der Waals surface area contributed by atoms with Gasteiger partial charge in [-0.3, -0.25) is 5.41 Å². The first-order valence-electron chi connectivity index (χ1n) is 9.84. The summed E-state index contributed by atoms with van der Waals surface area (Å²) >= 11 is 12.2. The van der Waals surface area contributed by atoms with E-state index >= 15 is 0 Å². The highest BCUT2D eigenvalue weighted by molar-refractivity contribution is 6.42. The van der Waals surface area contributed by atoms with Gasteiger partial charge in [0.2, 0.25) is 0 Å². The molecule has 0 aliphatic rings. The van der Waals surface area contributed by atoms with Gasteiger partial charge in [-0.2, -0.15) is 0 Å². The maximum atomic E-state index is 7.64. The number of para-hydroxylation sites is 1. The van der Waals surface area contributed by atoms with Crippen LogP contribution in [0.15, 0.2) is 60.7 Å². The van der Waals surface area contributed by atoms with E-state index < -0.39 is 0 Å². The minimum Gasteiger partial charge on any atom is -0.382 e. The second-order valence-corrected chi connectivity index (χ2v) is 7.78. The van der Waals surface area contributed by atoms with Crippen LogP contribution in [0.5, 0.6) is 0 Å². The molecule has 0 bridgehead atoms. The average molecular weight is 453 g/mol. The van der Waals surface area contributed by atoms with E-state index in [2.05, 4.69) is 33.4 Å². The van der Waals surface area contributed by atoms with Crippen molar-refractivity contribution < 1.29 is 0 Å². The molecule has 6 nitrogen and oxygen atoms in total. The Morgan fingerprint density at radius 3 is 2.42 bits per heavy atom. The smallest absolute Gasteiger partial charge is 0.188 e. The van der Waals surface area contributed by atoms with Gasteiger partial charge < -0.3 is 21.3 Å². The van der Waals surface area contributed by atoms with Crippen molar-refractivity contribution in [2.75, 3.05) is 30.8 Å². The van der Waals surface area contributed by atoms with Crippen molar-refractivity contribution >= 4 is 68.0 Å². The third-order valence-corrected chi connectivity index (χ3v) is 5.61. The van der Waals surface area contributed by atoms with Crippen LogP contribution < -0.4 is 21.3 Å². The van der Waals surface area contributed by atoms with Crippen molar-refractivity contribution in [3.05, 3.63) is 70.7 Å². The fourth-order valence-electron chi connectivity index (χ4n) is 3.37. The maximum Gasteiger partial charge on any atom is 0.188 e. The quantitative estimate of drug-likeness (QED) is 0.114. The molecule has 0 atom stereocenters. The molecule has 31 heavy (non-hydrogen) atoms. The van der Waals surface area contributed by atoms with E-state index in [0.29, 0.717) is 29.1 Å². The zero-order chi connectivity index (χ0) is 21.8. The van der Waals surface area contributed by atoms with Crippen LogP contribution in [0, 0.1) is 5.41 Å². The molecule has 4 rings (SSSR count). The molecule has 0 unspecified atom stereocenters. The topological polar surface area (TPSA) is 84.9 Å². The Balaban J connectivity index is 1.66. The molecule has 8 heteroatoms. The Bertz CT molecular complexity index is 1260. The van der Waals surface area contributed by atoms with Gasteiger partial charge >= 0.3 is 0 Å². The van der Waals surface area contributed by atoms with Gasteiger partial charge in [0, 0.05) is 42.3 Å². The van der Waals surface area contributed by atoms with E-state index in [1.54, 1.807) is 19.2 Å². The SMILES string of the molecule is CNC(=N)NCCNc1c2ccccc2nc2cc(Nc3ccc(Cl)c(Cl)c3)ccc12. The van der Waals surface area contributed by atoms with E-state index in [9.17, 15) is 0 Å². The largest absolute Gasteiger partial charge is 0.382 e. The van der Waals surface area contributed by atoms with Crippen molar-refractivity contribution in [1.29, 1.82) is 5.41 Å². The molecule has 1 aromatic heterocycles. The molecule has 3 aromatic carbocycles. The molecular weight excluding hydrogens is 431 g/mol. The number of anilines is 3. The number of hydrogen-bond acceptors (Lipinski definition) is 4. The molecule has 0 amide bonds. The van der Waals surface area contributed by atoms with Crippen LogP contribution in [-0.4, -0.2) is 31.1 Å². The summed E-state index contributed by atoms with van der Waals surface area (Å²) in [5.74, 6) is 0.296. The number of aromatic nitrogens is 1. The first kappa shape index (κ1) is 21.0. The maximum absolute atomic E-state index is 7.64. The van der Waals surface area contributed by atoms with Gasteiger partial charge in [-0.05, 0) is 42.5 Å². The van der Waals surface area contributed by atoms with E-state index in [4.69, 9.17) is 33.6 Å². The highest BCUT2D eigenvalue weighted by atomic mass is 35.5. The zero-order valence-electron chi connectivity index (χ0n) is 16.9. The van der Waals surface area contributed by atoms with Crippen LogP contribution in [0.1, 0.15) is 0 Å². The molecule has 0 aliphatic heterocycles. The number of fused-ring (bicyclic) bond motifs is 2. The molecule has 0 radical (unpaired) electrons. The molecule has 0 spiro atoms. The van der Waals surface area contributed by atoms with Crippen LogP contribution in [0.3, 0.4) is 0 Å². The Labute approximate surface area is 190 Å². The zero-order valence-corrected chi connectivity index (χ0v) is 18.4. The minimum absolute atomic E-state index is 0.296. The molecule has 0 saturated carbocycles. The summed E-state index contributed by atoms with van der Waals surface area (Å²) in [4.78, 5) is 4.86. The molecule has 0 saturated heterocycles.